The molecule has 2 heterocycles. The topological polar surface area (TPSA) is 119 Å². The summed E-state index contributed by atoms with van der Waals surface area (Å²) in [6.45, 7) is 2.04. The Morgan fingerprint density at radius 2 is 1.52 bits per heavy atom. The molecule has 0 spiro atoms. The molecule has 6 aromatic rings. The van der Waals surface area contributed by atoms with Crippen LogP contribution in [0.3, 0.4) is 0 Å². The van der Waals surface area contributed by atoms with Crippen molar-refractivity contribution in [1.82, 2.24) is 9.97 Å². The van der Waals surface area contributed by atoms with E-state index in [1.165, 1.54) is 11.1 Å². The summed E-state index contributed by atoms with van der Waals surface area (Å²) >= 11 is 0. The average molecular weight is 604 g/mol. The smallest absolute Gasteiger partial charge is 0.404 e. The van der Waals surface area contributed by atoms with Crippen molar-refractivity contribution in [1.29, 1.82) is 0 Å². The van der Waals surface area contributed by atoms with Crippen LogP contribution >= 0.6 is 7.82 Å². The highest BCUT2D eigenvalue weighted by Gasteiger charge is 2.21. The number of nitrogens with two attached hydrogens (primary N) is 1. The number of hydrogen-bond donors (Lipinski definition) is 3. The second-order valence-corrected chi connectivity index (χ2v) is 12.4. The first-order chi connectivity index (χ1) is 21.2. The zero-order chi connectivity index (χ0) is 30.7. The van der Waals surface area contributed by atoms with E-state index in [4.69, 9.17) is 15.2 Å². The Morgan fingerprint density at radius 1 is 0.795 bits per heavy atom. The first-order valence-electron chi connectivity index (χ1n) is 14.6. The van der Waals surface area contributed by atoms with Gasteiger partial charge in [0, 0.05) is 17.0 Å². The molecule has 0 amide bonds. The van der Waals surface area contributed by atoms with Crippen molar-refractivity contribution in [3.05, 3.63) is 143 Å². The molecule has 0 aliphatic rings. The van der Waals surface area contributed by atoms with E-state index in [-0.39, 0.29) is 11.7 Å². The largest absolute Gasteiger partial charge is 0.524 e. The van der Waals surface area contributed by atoms with Crippen LogP contribution in [-0.4, -0.2) is 19.8 Å². The van der Waals surface area contributed by atoms with Crippen molar-refractivity contribution in [2.24, 2.45) is 0 Å². The van der Waals surface area contributed by atoms with Crippen LogP contribution < -0.4 is 10.3 Å². The molecule has 4 N–H and O–H groups in total. The van der Waals surface area contributed by atoms with E-state index in [1.54, 1.807) is 12.1 Å². The molecule has 7 nitrogen and oxygen atoms in total. The fourth-order valence-electron chi connectivity index (χ4n) is 5.88. The van der Waals surface area contributed by atoms with Crippen LogP contribution in [-0.2, 0) is 30.2 Å². The van der Waals surface area contributed by atoms with Crippen LogP contribution in [0.15, 0.2) is 109 Å². The number of aryl methyl sites for hydroxylation is 3. The third-order valence-corrected chi connectivity index (χ3v) is 8.47. The van der Waals surface area contributed by atoms with Gasteiger partial charge in [-0.25, -0.2) is 9.55 Å². The lowest BCUT2D eigenvalue weighted by Crippen LogP contribution is -2.10. The van der Waals surface area contributed by atoms with Gasteiger partial charge in [-0.2, -0.15) is 0 Å². The normalized spacial score (nSPS) is 12.4. The first-order valence-corrected chi connectivity index (χ1v) is 16.2. The average Bonchev–Trinajstić information content (AvgIpc) is 3.00. The van der Waals surface area contributed by atoms with Crippen molar-refractivity contribution < 1.29 is 18.9 Å². The number of anilines is 1. The van der Waals surface area contributed by atoms with E-state index in [0.717, 1.165) is 51.4 Å². The van der Waals surface area contributed by atoms with Gasteiger partial charge in [0.2, 0.25) is 0 Å². The number of rotatable bonds is 10. The number of phosphoric acid groups is 1. The molecule has 44 heavy (non-hydrogen) atoms. The number of pyridine rings is 2. The van der Waals surface area contributed by atoms with Crippen LogP contribution in [0.25, 0.3) is 21.8 Å². The molecule has 6 rings (SSSR count). The van der Waals surface area contributed by atoms with Gasteiger partial charge >= 0.3 is 7.82 Å². The van der Waals surface area contributed by atoms with Crippen molar-refractivity contribution in [2.45, 2.75) is 38.5 Å². The summed E-state index contributed by atoms with van der Waals surface area (Å²) in [5, 5.41) is 1.98. The highest BCUT2D eigenvalue weighted by molar-refractivity contribution is 7.46. The first kappa shape index (κ1) is 29.5. The second-order valence-electron chi connectivity index (χ2n) is 11.3. The lowest BCUT2D eigenvalue weighted by molar-refractivity contribution is 0.283. The van der Waals surface area contributed by atoms with Crippen LogP contribution in [0.2, 0.25) is 0 Å². The minimum atomic E-state index is -4.70. The number of benzene rings is 4. The van der Waals surface area contributed by atoms with Crippen molar-refractivity contribution >= 4 is 35.4 Å². The lowest BCUT2D eigenvalue weighted by atomic mass is 9.84. The van der Waals surface area contributed by atoms with Gasteiger partial charge in [0.25, 0.3) is 0 Å². The Kier molecular flexibility index (Phi) is 8.45. The molecular weight excluding hydrogens is 569 g/mol. The van der Waals surface area contributed by atoms with E-state index < -0.39 is 7.82 Å². The van der Waals surface area contributed by atoms with Crippen LogP contribution in [0, 0.1) is 6.92 Å². The van der Waals surface area contributed by atoms with Crippen molar-refractivity contribution in [2.75, 3.05) is 5.73 Å². The molecule has 1 atom stereocenters. The van der Waals surface area contributed by atoms with Gasteiger partial charge in [-0.15, -0.1) is 0 Å². The van der Waals surface area contributed by atoms with E-state index >= 15 is 0 Å². The standard InChI is InChI=1S/C36H34N3O4P/c1-24-12-17-32-33-22-30(23-38-35(33)36(37)39-34(32)18-24)29(19-26-10-6-3-7-11-26)20-27-15-16-31(43-44(40,41)42)21-28(27)14-13-25-8-4-2-5-9-25/h2-12,15-18,21-23,29H,13-14,19-20H2,1H3,(H2,37,39)(H2,40,41,42). The maximum atomic E-state index is 11.6. The molecule has 0 saturated heterocycles. The summed E-state index contributed by atoms with van der Waals surface area (Å²) in [5.74, 6) is 0.628. The van der Waals surface area contributed by atoms with Gasteiger partial charge < -0.3 is 10.3 Å². The molecule has 1 unspecified atom stereocenters. The highest BCUT2D eigenvalue weighted by Crippen LogP contribution is 2.39. The minimum absolute atomic E-state index is 0.0632. The predicted molar refractivity (Wildman–Crippen MR) is 176 cm³/mol. The van der Waals surface area contributed by atoms with Gasteiger partial charge in [0.15, 0.2) is 5.82 Å². The van der Waals surface area contributed by atoms with E-state index in [1.807, 2.05) is 61.7 Å². The van der Waals surface area contributed by atoms with Crippen molar-refractivity contribution in [3.63, 3.8) is 0 Å². The number of phosphoric ester groups is 1. The molecule has 2 aromatic heterocycles. The van der Waals surface area contributed by atoms with Crippen LogP contribution in [0.1, 0.15) is 39.3 Å². The second kappa shape index (κ2) is 12.6. The fraction of sp³-hybridized carbons (Fsp3) is 0.167. The van der Waals surface area contributed by atoms with Crippen LogP contribution in [0.4, 0.5) is 5.82 Å². The van der Waals surface area contributed by atoms with Gasteiger partial charge in [0.05, 0.1) is 5.52 Å². The van der Waals surface area contributed by atoms with Crippen molar-refractivity contribution in [3.8, 4) is 5.75 Å². The molecule has 0 fully saturated rings. The summed E-state index contributed by atoms with van der Waals surface area (Å²) in [5.41, 5.74) is 14.6. The number of nitrogen functional groups attached to an aromatic ring is 1. The SMILES string of the molecule is Cc1ccc2c(c1)nc(N)c1ncc(C(Cc3ccccc3)Cc3ccc(OP(=O)(O)O)cc3CCc3ccccc3)cc12. The zero-order valence-electron chi connectivity index (χ0n) is 24.4. The predicted octanol–water partition coefficient (Wildman–Crippen LogP) is 7.50. The molecule has 4 aromatic carbocycles. The molecule has 0 radical (unpaired) electrons. The van der Waals surface area contributed by atoms with Gasteiger partial charge in [-0.05, 0) is 96.2 Å². The Labute approximate surface area is 256 Å². The summed E-state index contributed by atoms with van der Waals surface area (Å²) in [7, 11) is -4.70. The number of aromatic nitrogens is 2. The number of hydrogen-bond acceptors (Lipinski definition) is 5. The maximum absolute atomic E-state index is 11.6. The van der Waals surface area contributed by atoms with Gasteiger partial charge in [-0.3, -0.25) is 14.8 Å². The molecule has 0 bridgehead atoms. The Hall–Kier alpha value is -4.55. The quantitative estimate of drug-likeness (QED) is 0.110. The third-order valence-electron chi connectivity index (χ3n) is 8.03. The molecule has 0 aliphatic heterocycles. The third kappa shape index (κ3) is 6.98. The maximum Gasteiger partial charge on any atom is 0.524 e. The van der Waals surface area contributed by atoms with E-state index in [2.05, 4.69) is 47.4 Å². The Bertz CT molecular complexity index is 1980. The molecular formula is C36H34N3O4P. The summed E-state index contributed by atoms with van der Waals surface area (Å²) in [4.78, 5) is 28.4. The molecule has 0 saturated carbocycles. The Morgan fingerprint density at radius 3 is 2.25 bits per heavy atom. The highest BCUT2D eigenvalue weighted by atomic mass is 31.2. The molecule has 222 valence electrons. The number of nitrogens with zero attached hydrogens (tertiary/aromatic N) is 2. The van der Waals surface area contributed by atoms with Crippen LogP contribution in [0.5, 0.6) is 5.75 Å². The fourth-order valence-corrected chi connectivity index (χ4v) is 6.27. The number of fused-ring (bicyclic) bond motifs is 3. The van der Waals surface area contributed by atoms with Gasteiger partial charge in [-0.1, -0.05) is 78.9 Å². The summed E-state index contributed by atoms with van der Waals surface area (Å²) in [6, 6.07) is 34.3. The van der Waals surface area contributed by atoms with E-state index in [0.29, 0.717) is 24.2 Å². The lowest BCUT2D eigenvalue weighted by Gasteiger charge is -2.21. The zero-order valence-corrected chi connectivity index (χ0v) is 25.3. The Balaban J connectivity index is 1.42. The summed E-state index contributed by atoms with van der Waals surface area (Å²) < 4.78 is 16.6. The minimum Gasteiger partial charge on any atom is -0.404 e. The monoisotopic (exact) mass is 603 g/mol. The molecule has 0 aliphatic carbocycles. The van der Waals surface area contributed by atoms with E-state index in [9.17, 15) is 14.4 Å². The molecule has 8 heteroatoms. The van der Waals surface area contributed by atoms with Gasteiger partial charge in [0.1, 0.15) is 11.3 Å². The summed E-state index contributed by atoms with van der Waals surface area (Å²) in [6.07, 6.45) is 4.86.